The highest BCUT2D eigenvalue weighted by atomic mass is 28.4. The van der Waals surface area contributed by atoms with E-state index in [1.54, 1.807) is 13.4 Å². The van der Waals surface area contributed by atoms with Crippen molar-refractivity contribution in [1.29, 1.82) is 0 Å². The lowest BCUT2D eigenvalue weighted by atomic mass is 10.1. The Balaban J connectivity index is 1.65. The van der Waals surface area contributed by atoms with Gasteiger partial charge >= 0.3 is 0 Å². The zero-order valence-corrected chi connectivity index (χ0v) is 27.5. The Hall–Kier alpha value is -2.12. The van der Waals surface area contributed by atoms with Gasteiger partial charge in [-0.1, -0.05) is 53.7 Å². The predicted octanol–water partition coefficient (Wildman–Crippen LogP) is 7.20. The van der Waals surface area contributed by atoms with Crippen molar-refractivity contribution in [3.8, 4) is 17.0 Å². The summed E-state index contributed by atoms with van der Waals surface area (Å²) >= 11 is 0. The van der Waals surface area contributed by atoms with Crippen LogP contribution < -0.4 is 4.74 Å². The van der Waals surface area contributed by atoms with E-state index < -0.39 is 16.6 Å². The number of rotatable bonds is 8. The van der Waals surface area contributed by atoms with E-state index in [9.17, 15) is 0 Å². The van der Waals surface area contributed by atoms with E-state index >= 15 is 0 Å². The van der Waals surface area contributed by atoms with E-state index in [-0.39, 0.29) is 28.5 Å². The summed E-state index contributed by atoms with van der Waals surface area (Å²) in [7, 11) is -2.34. The first kappa shape index (κ1) is 29.9. The van der Waals surface area contributed by atoms with Gasteiger partial charge in [0.2, 0.25) is 0 Å². The predicted molar refractivity (Wildman–Crippen MR) is 161 cm³/mol. The highest BCUT2D eigenvalue weighted by Gasteiger charge is 2.46. The first-order chi connectivity index (χ1) is 18.0. The van der Waals surface area contributed by atoms with Gasteiger partial charge in [0.25, 0.3) is 0 Å². The molecule has 0 radical (unpaired) electrons. The Labute approximate surface area is 235 Å². The lowest BCUT2D eigenvalue weighted by Crippen LogP contribution is -2.48. The van der Waals surface area contributed by atoms with Crippen LogP contribution in [-0.4, -0.2) is 62.1 Å². The molecule has 214 valence electrons. The van der Waals surface area contributed by atoms with Crippen molar-refractivity contribution in [3.63, 3.8) is 0 Å². The fourth-order valence-electron chi connectivity index (χ4n) is 4.25. The molecule has 8 nitrogen and oxygen atoms in total. The van der Waals surface area contributed by atoms with Gasteiger partial charge in [-0.3, -0.25) is 4.57 Å². The Morgan fingerprint density at radius 3 is 2.31 bits per heavy atom. The lowest BCUT2D eigenvalue weighted by molar-refractivity contribution is -0.0383. The maximum absolute atomic E-state index is 6.95. The van der Waals surface area contributed by atoms with Crippen LogP contribution in [-0.2, 0) is 13.6 Å². The van der Waals surface area contributed by atoms with Crippen molar-refractivity contribution in [3.05, 3.63) is 36.9 Å². The van der Waals surface area contributed by atoms with Crippen LogP contribution in [0, 0.1) is 0 Å². The molecule has 0 saturated carbocycles. The zero-order valence-electron chi connectivity index (χ0n) is 25.5. The number of hydrogen-bond acceptors (Lipinski definition) is 7. The highest BCUT2D eigenvalue weighted by molar-refractivity contribution is 6.74. The molecule has 0 spiro atoms. The molecular formula is C29H46N4O4Si2. The largest absolute Gasteiger partial charge is 0.497 e. The smallest absolute Gasteiger partial charge is 0.192 e. The molecule has 0 aliphatic carbocycles. The fourth-order valence-corrected chi connectivity index (χ4v) is 6.62. The number of ether oxygens (including phenoxy) is 2. The number of benzene rings is 1. The molecule has 1 aliphatic rings. The Kier molecular flexibility index (Phi) is 8.19. The van der Waals surface area contributed by atoms with Crippen molar-refractivity contribution in [1.82, 2.24) is 19.5 Å². The van der Waals surface area contributed by atoms with Gasteiger partial charge in [0.05, 0.1) is 26.1 Å². The van der Waals surface area contributed by atoms with Crippen LogP contribution in [0.3, 0.4) is 0 Å². The molecular weight excluding hydrogens is 525 g/mol. The van der Waals surface area contributed by atoms with Gasteiger partial charge in [0.15, 0.2) is 22.3 Å². The minimum absolute atomic E-state index is 0.0715. The summed E-state index contributed by atoms with van der Waals surface area (Å²) < 4.78 is 27.8. The van der Waals surface area contributed by atoms with E-state index in [1.807, 2.05) is 35.2 Å². The van der Waals surface area contributed by atoms with Crippen molar-refractivity contribution < 1.29 is 18.3 Å². The molecule has 3 atom stereocenters. The van der Waals surface area contributed by atoms with Crippen LogP contribution in [0.4, 0.5) is 0 Å². The molecule has 4 rings (SSSR count). The van der Waals surface area contributed by atoms with E-state index in [1.165, 1.54) is 0 Å². The number of imidazole rings is 1. The van der Waals surface area contributed by atoms with Gasteiger partial charge in [-0.05, 0) is 48.4 Å². The topological polar surface area (TPSA) is 80.5 Å². The van der Waals surface area contributed by atoms with Crippen molar-refractivity contribution >= 4 is 27.8 Å². The Morgan fingerprint density at radius 1 is 0.974 bits per heavy atom. The van der Waals surface area contributed by atoms with E-state index in [0.29, 0.717) is 13.0 Å². The van der Waals surface area contributed by atoms with Gasteiger partial charge in [-0.2, -0.15) is 0 Å². The van der Waals surface area contributed by atoms with Crippen LogP contribution >= 0.6 is 0 Å². The molecule has 0 N–H and O–H groups in total. The molecule has 2 aromatic heterocycles. The van der Waals surface area contributed by atoms with Crippen LogP contribution in [0.15, 0.2) is 36.9 Å². The molecule has 0 amide bonds. The summed E-state index contributed by atoms with van der Waals surface area (Å²) in [4.78, 5) is 13.9. The number of aromatic nitrogens is 4. The fraction of sp³-hybridized carbons (Fsp3) is 0.621. The standard InChI is InChI=1S/C29H46N4O4Si2/c1-28(2,3)38(8,9)35-17-23-22(37-39(10,11)29(4,5)6)16-24(36-23)33-19-32-26-25(30-18-31-27(26)33)20-13-12-14-21(15-20)34-7/h12-15,18-19,22-24H,16-17H2,1-11H3/t22-,23+,24+/m0/s1. The Bertz CT molecular complexity index is 1300. The third kappa shape index (κ3) is 6.14. The van der Waals surface area contributed by atoms with Crippen LogP contribution in [0.5, 0.6) is 5.75 Å². The monoisotopic (exact) mass is 570 g/mol. The molecule has 39 heavy (non-hydrogen) atoms. The quantitative estimate of drug-likeness (QED) is 0.265. The number of methoxy groups -OCH3 is 1. The number of hydrogen-bond donors (Lipinski definition) is 0. The lowest BCUT2D eigenvalue weighted by Gasteiger charge is -2.40. The van der Waals surface area contributed by atoms with Crippen molar-refractivity contribution in [2.75, 3.05) is 13.7 Å². The van der Waals surface area contributed by atoms with Crippen LogP contribution in [0.2, 0.25) is 36.3 Å². The van der Waals surface area contributed by atoms with Crippen LogP contribution in [0.1, 0.15) is 54.2 Å². The average Bonchev–Trinajstić information content (AvgIpc) is 3.45. The minimum Gasteiger partial charge on any atom is -0.497 e. The molecule has 0 bridgehead atoms. The van der Waals surface area contributed by atoms with Gasteiger partial charge in [-0.25, -0.2) is 15.0 Å². The molecule has 1 aromatic carbocycles. The summed E-state index contributed by atoms with van der Waals surface area (Å²) in [6.07, 6.45) is 3.61. The number of nitrogens with zero attached hydrogens (tertiary/aromatic N) is 4. The summed E-state index contributed by atoms with van der Waals surface area (Å²) in [6.45, 7) is 23.3. The highest BCUT2D eigenvalue weighted by Crippen LogP contribution is 2.43. The van der Waals surface area contributed by atoms with E-state index in [4.69, 9.17) is 23.3 Å². The molecule has 1 saturated heterocycles. The second-order valence-electron chi connectivity index (χ2n) is 13.6. The molecule has 0 unspecified atom stereocenters. The molecule has 10 heteroatoms. The van der Waals surface area contributed by atoms with Gasteiger partial charge in [0, 0.05) is 12.0 Å². The van der Waals surface area contributed by atoms with E-state index in [0.717, 1.165) is 28.2 Å². The van der Waals surface area contributed by atoms with Crippen molar-refractivity contribution in [2.24, 2.45) is 0 Å². The third-order valence-corrected chi connectivity index (χ3v) is 17.9. The first-order valence-corrected chi connectivity index (χ1v) is 19.6. The molecule has 3 heterocycles. The molecule has 1 fully saturated rings. The van der Waals surface area contributed by atoms with Crippen LogP contribution in [0.25, 0.3) is 22.4 Å². The molecule has 1 aliphatic heterocycles. The maximum Gasteiger partial charge on any atom is 0.192 e. The minimum atomic E-state index is -2.04. The second kappa shape index (κ2) is 10.7. The van der Waals surface area contributed by atoms with Gasteiger partial charge in [-0.15, -0.1) is 0 Å². The first-order valence-electron chi connectivity index (χ1n) is 13.8. The SMILES string of the molecule is COc1cccc(-c2ncnc3c2ncn3[C@H]2C[C@H](O[Si](C)(C)C(C)(C)C)[C@@H](CO[Si](C)(C)C(C)(C)C)O2)c1. The third-order valence-electron chi connectivity index (χ3n) is 8.86. The zero-order chi connectivity index (χ0) is 28.8. The van der Waals surface area contributed by atoms with Gasteiger partial charge < -0.3 is 18.3 Å². The van der Waals surface area contributed by atoms with Gasteiger partial charge in [0.1, 0.15) is 35.6 Å². The second-order valence-corrected chi connectivity index (χ2v) is 23.2. The summed E-state index contributed by atoms with van der Waals surface area (Å²) in [5.41, 5.74) is 3.17. The summed E-state index contributed by atoms with van der Waals surface area (Å²) in [6, 6.07) is 7.84. The average molecular weight is 571 g/mol. The summed E-state index contributed by atoms with van der Waals surface area (Å²) in [5, 5.41) is 0.214. The normalized spacial score (nSPS) is 21.1. The van der Waals surface area contributed by atoms with E-state index in [2.05, 4.69) is 77.7 Å². The van der Waals surface area contributed by atoms with Crippen molar-refractivity contribution in [2.45, 2.75) is 103 Å². The number of fused-ring (bicyclic) bond motifs is 1. The summed E-state index contributed by atoms with van der Waals surface area (Å²) in [5.74, 6) is 0.771. The Morgan fingerprint density at radius 2 is 1.67 bits per heavy atom. The molecule has 3 aromatic rings. The maximum atomic E-state index is 6.95.